The van der Waals surface area contributed by atoms with Gasteiger partial charge in [-0.15, -0.1) is 0 Å². The molecule has 0 aliphatic carbocycles. The maximum Gasteiger partial charge on any atom is 0.281 e. The summed E-state index contributed by atoms with van der Waals surface area (Å²) in [5, 5.41) is 0. The molecule has 0 amide bonds. The topological polar surface area (TPSA) is 17.1 Å². The molecule has 0 aliphatic heterocycles. The fourth-order valence-electron chi connectivity index (χ4n) is 0. The Morgan fingerprint density at radius 3 is 1.20 bits per heavy atom. The van der Waals surface area contributed by atoms with E-state index >= 15 is 0 Å². The number of hydrogen-bond acceptors (Lipinski definition) is 1. The van der Waals surface area contributed by atoms with Crippen LogP contribution >= 0.6 is 0 Å². The molecule has 0 fully saturated rings. The summed E-state index contributed by atoms with van der Waals surface area (Å²) in [6.07, 6.45) is 0. The first-order chi connectivity index (χ1) is 2.00. The van der Waals surface area contributed by atoms with E-state index in [1.807, 2.05) is 13.8 Å². The van der Waals surface area contributed by atoms with Gasteiger partial charge in [0.2, 0.25) is 0 Å². The Morgan fingerprint density at radius 2 is 1.20 bits per heavy atom. The molecule has 0 heterocycles. The van der Waals surface area contributed by atoms with E-state index in [1.54, 1.807) is 0 Å². The van der Waals surface area contributed by atoms with Gasteiger partial charge in [0.1, 0.15) is 0 Å². The zero-order valence-electron chi connectivity index (χ0n) is 3.29. The van der Waals surface area contributed by atoms with Crippen LogP contribution in [0.2, 0.25) is 0 Å². The molecule has 0 unspecified atom stereocenters. The van der Waals surface area contributed by atoms with Crippen molar-refractivity contribution >= 4 is 6.79 Å². The third-order valence-electron chi connectivity index (χ3n) is 0. The number of hydrogen-bond donors (Lipinski definition) is 0. The predicted molar refractivity (Wildman–Crippen MR) is 17.0 cm³/mol. The molecule has 0 aromatic heterocycles. The van der Waals surface area contributed by atoms with E-state index in [9.17, 15) is 0 Å². The summed E-state index contributed by atoms with van der Waals surface area (Å²) < 4.78 is 0. The Labute approximate surface area is 43.2 Å². The van der Waals surface area contributed by atoms with Gasteiger partial charge in [-0.3, -0.25) is 4.79 Å². The number of carbonyl (C=O) groups excluding carboxylic acids is 1. The summed E-state index contributed by atoms with van der Waals surface area (Å²) in [4.78, 5) is 7.50. The van der Waals surface area contributed by atoms with Gasteiger partial charge in [0, 0.05) is 17.1 Å². The summed E-state index contributed by atoms with van der Waals surface area (Å²) in [5.41, 5.74) is 0. The molecule has 0 spiro atoms. The monoisotopic (exact) mass is 113 g/mol. The maximum absolute atomic E-state index is 7.50. The summed E-state index contributed by atoms with van der Waals surface area (Å²) in [7, 11) is 0. The van der Waals surface area contributed by atoms with Gasteiger partial charge in [-0.2, -0.15) is 0 Å². The van der Waals surface area contributed by atoms with Gasteiger partial charge in [-0.1, -0.05) is 13.8 Å². The van der Waals surface area contributed by atoms with Crippen molar-refractivity contribution in [3.8, 4) is 0 Å². The first-order valence-electron chi connectivity index (χ1n) is 1.20. The van der Waals surface area contributed by atoms with E-state index in [0.717, 1.165) is 0 Å². The zero-order valence-corrected chi connectivity index (χ0v) is 4.47. The van der Waals surface area contributed by atoms with E-state index < -0.39 is 0 Å². The smallest absolute Gasteiger partial charge is 0.281 e. The van der Waals surface area contributed by atoms with Crippen LogP contribution in [0, 0.1) is 0 Å². The van der Waals surface area contributed by atoms with Crippen LogP contribution in [-0.4, -0.2) is 6.79 Å². The fourth-order valence-corrected chi connectivity index (χ4v) is 0. The van der Waals surface area contributed by atoms with Crippen molar-refractivity contribution in [2.24, 2.45) is 0 Å². The van der Waals surface area contributed by atoms with Crippen molar-refractivity contribution in [2.75, 3.05) is 0 Å². The second-order valence-corrected chi connectivity index (χ2v) is 0. The fraction of sp³-hybridized carbons (Fsp3) is 0.667. The van der Waals surface area contributed by atoms with Crippen molar-refractivity contribution in [3.63, 3.8) is 0 Å². The largest absolute Gasteiger partial charge is 0.281 e. The van der Waals surface area contributed by atoms with Crippen LogP contribution in [-0.2, 0) is 21.9 Å². The molecule has 0 N–H and O–H groups in total. The molecule has 1 nitrogen and oxygen atoms in total. The standard InChI is InChI=1S/C2H6.CO.Mn/c2*1-2;/h1-2H3;;. The molecule has 5 heavy (non-hydrogen) atoms. The molecule has 0 aromatic rings. The van der Waals surface area contributed by atoms with Crippen LogP contribution in [0.4, 0.5) is 0 Å². The van der Waals surface area contributed by atoms with Gasteiger partial charge in [0.05, 0.1) is 0 Å². The molecule has 0 saturated carbocycles. The Balaban J connectivity index is -0.0000000133. The Hall–Kier alpha value is 0.189. The Bertz CT molecular complexity index is 6.85. The molecule has 0 rings (SSSR count). The molecule has 31 valence electrons. The Morgan fingerprint density at radius 1 is 1.20 bits per heavy atom. The molecule has 0 atom stereocenters. The van der Waals surface area contributed by atoms with Crippen molar-refractivity contribution in [3.05, 3.63) is 0 Å². The summed E-state index contributed by atoms with van der Waals surface area (Å²) >= 11 is 0. The minimum Gasteiger partial charge on any atom is -0.281 e. The van der Waals surface area contributed by atoms with E-state index in [-0.39, 0.29) is 17.1 Å². The van der Waals surface area contributed by atoms with E-state index in [0.29, 0.717) is 0 Å². The van der Waals surface area contributed by atoms with E-state index in [1.165, 1.54) is 0 Å². The summed E-state index contributed by atoms with van der Waals surface area (Å²) in [6.45, 7) is 8.50. The zero-order chi connectivity index (χ0) is 4.00. The van der Waals surface area contributed by atoms with Gasteiger partial charge in [-0.05, 0) is 0 Å². The van der Waals surface area contributed by atoms with Crippen LogP contribution in [0.15, 0.2) is 0 Å². The van der Waals surface area contributed by atoms with Gasteiger partial charge in [0.25, 0.3) is 6.79 Å². The van der Waals surface area contributed by atoms with Gasteiger partial charge >= 0.3 is 0 Å². The van der Waals surface area contributed by atoms with E-state index in [4.69, 9.17) is 4.79 Å². The van der Waals surface area contributed by atoms with Crippen LogP contribution in [0.1, 0.15) is 13.8 Å². The van der Waals surface area contributed by atoms with Crippen molar-refractivity contribution in [1.82, 2.24) is 0 Å². The van der Waals surface area contributed by atoms with Crippen LogP contribution in [0.25, 0.3) is 0 Å². The number of rotatable bonds is 0. The van der Waals surface area contributed by atoms with Crippen molar-refractivity contribution in [2.45, 2.75) is 13.8 Å². The molecular formula is C3H6MnO. The summed E-state index contributed by atoms with van der Waals surface area (Å²) in [5.74, 6) is 0. The first kappa shape index (κ1) is 19.0. The molecular weight excluding hydrogens is 107 g/mol. The molecule has 2 heteroatoms. The molecule has 3 radical (unpaired) electrons. The normalized spacial score (nSPS) is 2.00. The average molecular weight is 113 g/mol. The molecule has 0 aromatic carbocycles. The van der Waals surface area contributed by atoms with Crippen molar-refractivity contribution < 1.29 is 21.9 Å². The SMILES string of the molecule is CC.[C]=O.[Mn]. The van der Waals surface area contributed by atoms with Gasteiger partial charge < -0.3 is 0 Å². The van der Waals surface area contributed by atoms with Gasteiger partial charge in [-0.25, -0.2) is 0 Å². The third kappa shape index (κ3) is 559. The molecule has 0 bridgehead atoms. The second kappa shape index (κ2) is 1190. The minimum atomic E-state index is 0. The average Bonchev–Trinajstić information content (AvgIpc) is 1.50. The van der Waals surface area contributed by atoms with Gasteiger partial charge in [0.15, 0.2) is 0 Å². The minimum absolute atomic E-state index is 0. The maximum atomic E-state index is 7.50. The Kier molecular flexibility index (Phi) is 4510. The second-order valence-electron chi connectivity index (χ2n) is 0. The first-order valence-corrected chi connectivity index (χ1v) is 1.20. The van der Waals surface area contributed by atoms with Crippen LogP contribution in [0.3, 0.4) is 0 Å². The van der Waals surface area contributed by atoms with Crippen molar-refractivity contribution in [1.29, 1.82) is 0 Å². The van der Waals surface area contributed by atoms with E-state index in [2.05, 4.69) is 6.79 Å². The quantitative estimate of drug-likeness (QED) is 0.421. The third-order valence-corrected chi connectivity index (χ3v) is 0. The summed E-state index contributed by atoms with van der Waals surface area (Å²) in [6, 6.07) is 0. The van der Waals surface area contributed by atoms with Crippen LogP contribution < -0.4 is 0 Å². The predicted octanol–water partition coefficient (Wildman–Crippen LogP) is 0.627. The molecule has 0 saturated heterocycles. The van der Waals surface area contributed by atoms with Crippen LogP contribution in [0.5, 0.6) is 0 Å². The molecule has 0 aliphatic rings.